The molecule has 72 valence electrons. The van der Waals surface area contributed by atoms with Crippen LogP contribution in [0.4, 0.5) is 0 Å². The molecular formula is C7H8ClNO3S. The Morgan fingerprint density at radius 1 is 1.69 bits per heavy atom. The molecule has 0 aliphatic heterocycles. The molecule has 1 N–H and O–H groups in total. The van der Waals surface area contributed by atoms with Gasteiger partial charge >= 0.3 is 0 Å². The Morgan fingerprint density at radius 3 is 2.85 bits per heavy atom. The van der Waals surface area contributed by atoms with E-state index in [9.17, 15) is 9.59 Å². The summed E-state index contributed by atoms with van der Waals surface area (Å²) in [7, 11) is 0. The predicted octanol–water partition coefficient (Wildman–Crippen LogP) is 0.515. The van der Waals surface area contributed by atoms with Crippen molar-refractivity contribution >= 4 is 28.9 Å². The summed E-state index contributed by atoms with van der Waals surface area (Å²) in [5, 5.41) is 8.43. The number of ketones is 1. The number of rotatable bonds is 4. The summed E-state index contributed by atoms with van der Waals surface area (Å²) in [4.78, 5) is 21.8. The molecule has 0 spiro atoms. The van der Waals surface area contributed by atoms with Gasteiger partial charge in [-0.1, -0.05) is 11.6 Å². The van der Waals surface area contributed by atoms with E-state index in [0.717, 1.165) is 11.5 Å². The summed E-state index contributed by atoms with van der Waals surface area (Å²) < 4.78 is 1.79. The number of aliphatic hydroxyl groups is 1. The normalized spacial score (nSPS) is 10.3. The zero-order chi connectivity index (χ0) is 9.84. The second kappa shape index (κ2) is 4.55. The largest absolute Gasteiger partial charge is 0.389 e. The van der Waals surface area contributed by atoms with Gasteiger partial charge < -0.3 is 5.11 Å². The molecule has 0 saturated heterocycles. The Labute approximate surface area is 83.5 Å². The summed E-state index contributed by atoms with van der Waals surface area (Å²) in [5.74, 6) is -0.281. The molecule has 0 bridgehead atoms. The quantitative estimate of drug-likeness (QED) is 0.806. The molecule has 4 nitrogen and oxygen atoms in total. The van der Waals surface area contributed by atoms with E-state index in [1.165, 1.54) is 10.0 Å². The Balaban J connectivity index is 2.59. The Bertz CT molecular complexity index is 357. The summed E-state index contributed by atoms with van der Waals surface area (Å²) in [5.41, 5.74) is -0.208. The molecule has 6 heteroatoms. The van der Waals surface area contributed by atoms with Crippen LogP contribution in [0.3, 0.4) is 0 Å². The minimum Gasteiger partial charge on any atom is -0.389 e. The fourth-order valence-corrected chi connectivity index (χ4v) is 1.84. The van der Waals surface area contributed by atoms with E-state index in [-0.39, 0.29) is 24.3 Å². The summed E-state index contributed by atoms with van der Waals surface area (Å²) in [6.07, 6.45) is 0.160. The smallest absolute Gasteiger partial charge is 0.262 e. The van der Waals surface area contributed by atoms with E-state index in [4.69, 9.17) is 16.7 Å². The van der Waals surface area contributed by atoms with Gasteiger partial charge in [-0.05, 0) is 11.5 Å². The van der Waals surface area contributed by atoms with Crippen molar-refractivity contribution in [1.82, 2.24) is 3.96 Å². The lowest BCUT2D eigenvalue weighted by Crippen LogP contribution is -2.15. The van der Waals surface area contributed by atoms with Gasteiger partial charge in [0.15, 0.2) is 5.78 Å². The molecule has 0 amide bonds. The lowest BCUT2D eigenvalue weighted by Gasteiger charge is -1.97. The Morgan fingerprint density at radius 2 is 2.38 bits per heavy atom. The molecule has 1 aromatic rings. The first kappa shape index (κ1) is 10.4. The molecule has 1 heterocycles. The highest BCUT2D eigenvalue weighted by molar-refractivity contribution is 7.11. The molecule has 1 rings (SSSR count). The average Bonchev–Trinajstić information content (AvgIpc) is 2.41. The number of aliphatic hydroxyl groups excluding tert-OH is 1. The second-order valence-electron chi connectivity index (χ2n) is 2.43. The van der Waals surface area contributed by atoms with Crippen LogP contribution in [0.1, 0.15) is 6.42 Å². The second-order valence-corrected chi connectivity index (χ2v) is 4.12. The number of hydrogen-bond donors (Lipinski definition) is 1. The third kappa shape index (κ3) is 2.95. The van der Waals surface area contributed by atoms with Crippen molar-refractivity contribution in [2.45, 2.75) is 13.0 Å². The SMILES string of the molecule is O=C(CO)CCn1sc(Cl)cc1=O. The van der Waals surface area contributed by atoms with Crippen LogP contribution in [0.5, 0.6) is 0 Å². The zero-order valence-electron chi connectivity index (χ0n) is 6.70. The molecule has 0 aliphatic rings. The third-order valence-electron chi connectivity index (χ3n) is 1.45. The lowest BCUT2D eigenvalue weighted by atomic mass is 10.3. The summed E-state index contributed by atoms with van der Waals surface area (Å²) in [6, 6.07) is 1.30. The standard InChI is InChI=1S/C7H8ClNO3S/c8-6-3-7(12)9(13-6)2-1-5(11)4-10/h3,10H,1-2,4H2. The molecule has 13 heavy (non-hydrogen) atoms. The van der Waals surface area contributed by atoms with Crippen LogP contribution in [0, 0.1) is 0 Å². The molecule has 0 atom stereocenters. The van der Waals surface area contributed by atoms with E-state index >= 15 is 0 Å². The van der Waals surface area contributed by atoms with Crippen LogP contribution in [-0.4, -0.2) is 21.5 Å². The molecule has 0 fully saturated rings. The van der Waals surface area contributed by atoms with Crippen LogP contribution in [0.15, 0.2) is 10.9 Å². The van der Waals surface area contributed by atoms with E-state index in [2.05, 4.69) is 0 Å². The van der Waals surface area contributed by atoms with Crippen molar-refractivity contribution in [3.63, 3.8) is 0 Å². The van der Waals surface area contributed by atoms with Crippen molar-refractivity contribution in [1.29, 1.82) is 0 Å². The number of carbonyl (C=O) groups excluding carboxylic acids is 1. The Hall–Kier alpha value is -0.650. The summed E-state index contributed by atoms with van der Waals surface area (Å²) in [6.45, 7) is -0.191. The van der Waals surface area contributed by atoms with Crippen LogP contribution in [0.2, 0.25) is 4.34 Å². The molecule has 1 aromatic heterocycles. The van der Waals surface area contributed by atoms with E-state index < -0.39 is 6.61 Å². The topological polar surface area (TPSA) is 59.3 Å². The number of aryl methyl sites for hydroxylation is 1. The number of aromatic nitrogens is 1. The van der Waals surface area contributed by atoms with Crippen molar-refractivity contribution < 1.29 is 9.90 Å². The van der Waals surface area contributed by atoms with E-state index in [0.29, 0.717) is 4.34 Å². The van der Waals surface area contributed by atoms with Crippen molar-refractivity contribution in [2.24, 2.45) is 0 Å². The fourth-order valence-electron chi connectivity index (χ4n) is 0.807. The number of hydrogen-bond acceptors (Lipinski definition) is 4. The van der Waals surface area contributed by atoms with Gasteiger partial charge in [-0.25, -0.2) is 0 Å². The molecule has 0 aliphatic carbocycles. The highest BCUT2D eigenvalue weighted by atomic mass is 35.5. The monoisotopic (exact) mass is 221 g/mol. The van der Waals surface area contributed by atoms with Gasteiger partial charge in [-0.2, -0.15) is 0 Å². The minimum atomic E-state index is -0.478. The summed E-state index contributed by atoms with van der Waals surface area (Å²) >= 11 is 6.68. The maximum Gasteiger partial charge on any atom is 0.262 e. The van der Waals surface area contributed by atoms with Crippen LogP contribution < -0.4 is 5.56 Å². The van der Waals surface area contributed by atoms with Gasteiger partial charge in [0.1, 0.15) is 10.9 Å². The number of Topliss-reactive ketones (excluding diaryl/α,β-unsaturated/α-hetero) is 1. The van der Waals surface area contributed by atoms with E-state index in [1.54, 1.807) is 0 Å². The maximum absolute atomic E-state index is 11.1. The van der Waals surface area contributed by atoms with Gasteiger partial charge in [0.25, 0.3) is 5.56 Å². The van der Waals surface area contributed by atoms with Gasteiger partial charge in [0, 0.05) is 19.0 Å². The molecule has 0 aromatic carbocycles. The maximum atomic E-state index is 11.1. The molecule has 0 radical (unpaired) electrons. The van der Waals surface area contributed by atoms with Gasteiger partial charge in [0.05, 0.1) is 0 Å². The van der Waals surface area contributed by atoms with Crippen molar-refractivity contribution in [3.05, 3.63) is 20.8 Å². The molecular weight excluding hydrogens is 214 g/mol. The van der Waals surface area contributed by atoms with Crippen molar-refractivity contribution in [3.8, 4) is 0 Å². The third-order valence-corrected chi connectivity index (χ3v) is 2.64. The first-order valence-electron chi connectivity index (χ1n) is 3.62. The predicted molar refractivity (Wildman–Crippen MR) is 50.3 cm³/mol. The lowest BCUT2D eigenvalue weighted by molar-refractivity contribution is -0.121. The highest BCUT2D eigenvalue weighted by Gasteiger charge is 2.04. The van der Waals surface area contributed by atoms with Gasteiger partial charge in [-0.3, -0.25) is 13.5 Å². The van der Waals surface area contributed by atoms with Crippen molar-refractivity contribution in [2.75, 3.05) is 6.61 Å². The fraction of sp³-hybridized carbons (Fsp3) is 0.429. The number of carbonyl (C=O) groups is 1. The van der Waals surface area contributed by atoms with Crippen LogP contribution >= 0.6 is 23.1 Å². The Kier molecular flexibility index (Phi) is 3.65. The average molecular weight is 222 g/mol. The van der Waals surface area contributed by atoms with E-state index in [1.807, 2.05) is 0 Å². The molecule has 0 unspecified atom stereocenters. The number of halogens is 1. The first-order chi connectivity index (χ1) is 6.13. The molecule has 0 saturated carbocycles. The van der Waals surface area contributed by atoms with Crippen LogP contribution in [0.25, 0.3) is 0 Å². The first-order valence-corrected chi connectivity index (χ1v) is 4.78. The minimum absolute atomic E-state index is 0.160. The van der Waals surface area contributed by atoms with Gasteiger partial charge in [0.2, 0.25) is 0 Å². The van der Waals surface area contributed by atoms with Crippen LogP contribution in [-0.2, 0) is 11.3 Å². The number of nitrogens with zero attached hydrogens (tertiary/aromatic N) is 1. The highest BCUT2D eigenvalue weighted by Crippen LogP contribution is 2.12. The van der Waals surface area contributed by atoms with Gasteiger partial charge in [-0.15, -0.1) is 0 Å². The zero-order valence-corrected chi connectivity index (χ0v) is 8.27.